The van der Waals surface area contributed by atoms with Gasteiger partial charge in [-0.15, -0.1) is 0 Å². The molecule has 1 amide bonds. The van der Waals surface area contributed by atoms with E-state index >= 15 is 0 Å². The summed E-state index contributed by atoms with van der Waals surface area (Å²) in [5, 5.41) is 4.60. The molecule has 0 aliphatic rings. The Balaban J connectivity index is 1.91. The molecule has 1 aromatic heterocycles. The number of nitrogens with zero attached hydrogens (tertiary/aromatic N) is 1. The predicted molar refractivity (Wildman–Crippen MR) is 101 cm³/mol. The van der Waals surface area contributed by atoms with Crippen molar-refractivity contribution in [3.63, 3.8) is 0 Å². The van der Waals surface area contributed by atoms with Gasteiger partial charge in [-0.1, -0.05) is 35.3 Å². The molecule has 0 aliphatic carbocycles. The van der Waals surface area contributed by atoms with Gasteiger partial charge in [-0.3, -0.25) is 9.78 Å². The van der Waals surface area contributed by atoms with Gasteiger partial charge in [0.1, 0.15) is 0 Å². The van der Waals surface area contributed by atoms with Crippen LogP contribution in [0.15, 0.2) is 54.7 Å². The average molecular weight is 375 g/mol. The minimum Gasteiger partial charge on any atom is -0.364 e. The van der Waals surface area contributed by atoms with Crippen LogP contribution in [-0.2, 0) is 9.53 Å². The topological polar surface area (TPSA) is 51.2 Å². The largest absolute Gasteiger partial charge is 0.364 e. The highest BCUT2D eigenvalue weighted by Crippen LogP contribution is 2.29. The minimum absolute atomic E-state index is 0.281. The summed E-state index contributed by atoms with van der Waals surface area (Å²) >= 11 is 12.0. The van der Waals surface area contributed by atoms with Crippen LogP contribution in [0.3, 0.4) is 0 Å². The molecule has 2 aromatic carbocycles. The molecule has 25 heavy (non-hydrogen) atoms. The Morgan fingerprint density at radius 3 is 2.76 bits per heavy atom. The molecule has 0 saturated carbocycles. The van der Waals surface area contributed by atoms with Gasteiger partial charge in [-0.25, -0.2) is 0 Å². The lowest BCUT2D eigenvalue weighted by molar-refractivity contribution is -0.127. The Morgan fingerprint density at radius 1 is 1.16 bits per heavy atom. The number of halogens is 2. The van der Waals surface area contributed by atoms with E-state index in [4.69, 9.17) is 27.9 Å². The molecule has 3 rings (SSSR count). The summed E-state index contributed by atoms with van der Waals surface area (Å²) in [4.78, 5) is 17.1. The van der Waals surface area contributed by atoms with Crippen molar-refractivity contribution in [3.05, 3.63) is 70.3 Å². The second-order valence-corrected chi connectivity index (χ2v) is 6.19. The molecule has 0 saturated heterocycles. The molecule has 128 valence electrons. The number of carbonyl (C=O) groups is 1. The number of rotatable bonds is 5. The van der Waals surface area contributed by atoms with E-state index in [1.54, 1.807) is 24.4 Å². The van der Waals surface area contributed by atoms with E-state index in [0.717, 1.165) is 10.9 Å². The zero-order valence-electron chi connectivity index (χ0n) is 13.5. The highest BCUT2D eigenvalue weighted by molar-refractivity contribution is 6.42. The normalized spacial score (nSPS) is 12.1. The Bertz CT molecular complexity index is 910. The van der Waals surface area contributed by atoms with Crippen LogP contribution in [-0.4, -0.2) is 17.5 Å². The number of pyridine rings is 1. The molecule has 4 nitrogen and oxygen atoms in total. The molecular weight excluding hydrogens is 359 g/mol. The summed E-state index contributed by atoms with van der Waals surface area (Å²) in [6.07, 6.45) is 0.929. The molecule has 0 radical (unpaired) electrons. The molecule has 0 bridgehead atoms. The standard InChI is InChI=1S/C19H16Cl2N2O2/c1-2-25-18(12-8-9-14(20)15(21)11-12)19(24)23-17-7-3-6-16-13(17)5-4-10-22-16/h3-11,18H,2H2,1H3,(H,23,24). The smallest absolute Gasteiger partial charge is 0.258 e. The van der Waals surface area contributed by atoms with Gasteiger partial charge in [0, 0.05) is 18.2 Å². The fourth-order valence-corrected chi connectivity index (χ4v) is 2.88. The number of ether oxygens (including phenoxy) is 1. The fraction of sp³-hybridized carbons (Fsp3) is 0.158. The van der Waals surface area contributed by atoms with Crippen LogP contribution in [0.4, 0.5) is 5.69 Å². The van der Waals surface area contributed by atoms with Crippen molar-refractivity contribution in [1.29, 1.82) is 0 Å². The van der Waals surface area contributed by atoms with Gasteiger partial charge in [0.15, 0.2) is 6.10 Å². The second kappa shape index (κ2) is 7.83. The molecule has 1 unspecified atom stereocenters. The number of carbonyl (C=O) groups excluding carboxylic acids is 1. The summed E-state index contributed by atoms with van der Waals surface area (Å²) in [5.41, 5.74) is 2.13. The quantitative estimate of drug-likeness (QED) is 0.662. The van der Waals surface area contributed by atoms with Gasteiger partial charge in [0.25, 0.3) is 5.91 Å². The maximum atomic E-state index is 12.8. The number of amides is 1. The first-order valence-electron chi connectivity index (χ1n) is 7.81. The van der Waals surface area contributed by atoms with Gasteiger partial charge in [-0.2, -0.15) is 0 Å². The third kappa shape index (κ3) is 3.93. The lowest BCUT2D eigenvalue weighted by Gasteiger charge is -2.18. The first-order valence-corrected chi connectivity index (χ1v) is 8.57. The van der Waals surface area contributed by atoms with Crippen LogP contribution < -0.4 is 5.32 Å². The van der Waals surface area contributed by atoms with Crippen molar-refractivity contribution >= 4 is 45.7 Å². The summed E-state index contributed by atoms with van der Waals surface area (Å²) in [5.74, 6) is -0.281. The summed E-state index contributed by atoms with van der Waals surface area (Å²) in [7, 11) is 0. The number of hydrogen-bond donors (Lipinski definition) is 1. The summed E-state index contributed by atoms with van der Waals surface area (Å²) < 4.78 is 5.64. The van der Waals surface area contributed by atoms with Crippen molar-refractivity contribution in [2.75, 3.05) is 11.9 Å². The maximum absolute atomic E-state index is 12.8. The zero-order valence-corrected chi connectivity index (χ0v) is 15.0. The second-order valence-electron chi connectivity index (χ2n) is 5.37. The van der Waals surface area contributed by atoms with Crippen LogP contribution in [0.25, 0.3) is 10.9 Å². The van der Waals surface area contributed by atoms with Crippen LogP contribution >= 0.6 is 23.2 Å². The number of aromatic nitrogens is 1. The maximum Gasteiger partial charge on any atom is 0.258 e. The molecule has 0 fully saturated rings. The van der Waals surface area contributed by atoms with Crippen molar-refractivity contribution in [3.8, 4) is 0 Å². The van der Waals surface area contributed by atoms with Crippen molar-refractivity contribution < 1.29 is 9.53 Å². The van der Waals surface area contributed by atoms with E-state index < -0.39 is 6.10 Å². The zero-order chi connectivity index (χ0) is 17.8. The summed E-state index contributed by atoms with van der Waals surface area (Å²) in [6.45, 7) is 2.22. The van der Waals surface area contributed by atoms with E-state index in [-0.39, 0.29) is 5.91 Å². The molecule has 1 N–H and O–H groups in total. The Labute approximate surface area is 155 Å². The Hall–Kier alpha value is -2.14. The molecule has 6 heteroatoms. The van der Waals surface area contributed by atoms with Crippen molar-refractivity contribution in [2.24, 2.45) is 0 Å². The fourth-order valence-electron chi connectivity index (χ4n) is 2.58. The third-order valence-electron chi connectivity index (χ3n) is 3.72. The predicted octanol–water partition coefficient (Wildman–Crippen LogP) is 5.26. The van der Waals surface area contributed by atoms with Gasteiger partial charge in [0.2, 0.25) is 0 Å². The van der Waals surface area contributed by atoms with Crippen LogP contribution in [0.5, 0.6) is 0 Å². The van der Waals surface area contributed by atoms with Crippen LogP contribution in [0.2, 0.25) is 10.0 Å². The first kappa shape index (κ1) is 17.7. The van der Waals surface area contributed by atoms with E-state index in [9.17, 15) is 4.79 Å². The third-order valence-corrected chi connectivity index (χ3v) is 4.46. The Kier molecular flexibility index (Phi) is 5.53. The SMILES string of the molecule is CCOC(C(=O)Nc1cccc2ncccc12)c1ccc(Cl)c(Cl)c1. The minimum atomic E-state index is -0.785. The molecular formula is C19H16Cl2N2O2. The van der Waals surface area contributed by atoms with E-state index in [2.05, 4.69) is 10.3 Å². The summed E-state index contributed by atoms with van der Waals surface area (Å²) in [6, 6.07) is 14.3. The first-order chi connectivity index (χ1) is 12.1. The molecule has 3 aromatic rings. The van der Waals surface area contributed by atoms with Crippen molar-refractivity contribution in [2.45, 2.75) is 13.0 Å². The van der Waals surface area contributed by atoms with Crippen LogP contribution in [0.1, 0.15) is 18.6 Å². The number of benzene rings is 2. The van der Waals surface area contributed by atoms with Gasteiger partial charge in [-0.05, 0) is 48.9 Å². The molecule has 1 atom stereocenters. The van der Waals surface area contributed by atoms with E-state index in [1.807, 2.05) is 37.3 Å². The lowest BCUT2D eigenvalue weighted by Crippen LogP contribution is -2.23. The van der Waals surface area contributed by atoms with E-state index in [0.29, 0.717) is 27.9 Å². The molecule has 0 spiro atoms. The molecule has 0 aliphatic heterocycles. The van der Waals surface area contributed by atoms with Crippen LogP contribution in [0, 0.1) is 0 Å². The van der Waals surface area contributed by atoms with Crippen molar-refractivity contribution in [1.82, 2.24) is 4.98 Å². The van der Waals surface area contributed by atoms with Gasteiger partial charge < -0.3 is 10.1 Å². The number of anilines is 1. The van der Waals surface area contributed by atoms with Gasteiger partial charge in [0.05, 0.1) is 21.2 Å². The lowest BCUT2D eigenvalue weighted by atomic mass is 10.1. The Morgan fingerprint density at radius 2 is 2.00 bits per heavy atom. The highest BCUT2D eigenvalue weighted by Gasteiger charge is 2.22. The number of hydrogen-bond acceptors (Lipinski definition) is 3. The monoisotopic (exact) mass is 374 g/mol. The number of fused-ring (bicyclic) bond motifs is 1. The molecule has 1 heterocycles. The highest BCUT2D eigenvalue weighted by atomic mass is 35.5. The van der Waals surface area contributed by atoms with Gasteiger partial charge >= 0.3 is 0 Å². The number of nitrogens with one attached hydrogen (secondary N) is 1. The van der Waals surface area contributed by atoms with E-state index in [1.165, 1.54) is 0 Å². The average Bonchev–Trinajstić information content (AvgIpc) is 2.62.